The minimum atomic E-state index is 0.0179. The lowest BCUT2D eigenvalue weighted by Gasteiger charge is -2.15. The predicted octanol–water partition coefficient (Wildman–Crippen LogP) is 1.56. The van der Waals surface area contributed by atoms with Crippen LogP contribution in [0.2, 0.25) is 0 Å². The Morgan fingerprint density at radius 3 is 2.78 bits per heavy atom. The van der Waals surface area contributed by atoms with E-state index in [1.54, 1.807) is 6.08 Å². The molecule has 0 fully saturated rings. The van der Waals surface area contributed by atoms with E-state index in [9.17, 15) is 4.39 Å². The zero-order chi connectivity index (χ0) is 6.85. The van der Waals surface area contributed by atoms with Crippen LogP contribution in [-0.2, 0) is 0 Å². The third-order valence-electron chi connectivity index (χ3n) is 1.76. The summed E-state index contributed by atoms with van der Waals surface area (Å²) in [6, 6.07) is 0.338. The van der Waals surface area contributed by atoms with Gasteiger partial charge in [-0.1, -0.05) is 6.92 Å². The monoisotopic (exact) mass is 129 g/mol. The number of halogens is 1. The van der Waals surface area contributed by atoms with Crippen molar-refractivity contribution < 1.29 is 4.39 Å². The Labute approximate surface area is 55.2 Å². The first-order valence-electron chi connectivity index (χ1n) is 3.30. The molecule has 0 amide bonds. The van der Waals surface area contributed by atoms with Crippen LogP contribution >= 0.6 is 0 Å². The molecule has 1 aliphatic heterocycles. The molecule has 1 atom stereocenters. The number of hydrogen-bond donors (Lipinski definition) is 0. The fourth-order valence-electron chi connectivity index (χ4n) is 1.17. The van der Waals surface area contributed by atoms with Gasteiger partial charge in [-0.05, 0) is 19.5 Å². The summed E-state index contributed by atoms with van der Waals surface area (Å²) in [4.78, 5) is 2.01. The highest BCUT2D eigenvalue weighted by molar-refractivity contribution is 5.08. The maximum atomic E-state index is 12.4. The fourth-order valence-corrected chi connectivity index (χ4v) is 1.17. The molecular formula is C7H12FN. The standard InChI is InChI=1S/C7H12FN/c1-3-7-4-6(8)5-9(7)2/h4,7H,3,5H2,1-2H3. The molecule has 9 heavy (non-hydrogen) atoms. The Morgan fingerprint density at radius 1 is 1.89 bits per heavy atom. The molecule has 0 spiro atoms. The molecule has 1 heterocycles. The van der Waals surface area contributed by atoms with Crippen molar-refractivity contribution in [1.29, 1.82) is 0 Å². The van der Waals surface area contributed by atoms with E-state index in [1.807, 2.05) is 11.9 Å². The lowest BCUT2D eigenvalue weighted by molar-refractivity contribution is 0.314. The van der Waals surface area contributed by atoms with Gasteiger partial charge in [-0.15, -0.1) is 0 Å². The molecule has 0 bridgehead atoms. The fraction of sp³-hybridized carbons (Fsp3) is 0.714. The Kier molecular flexibility index (Phi) is 1.86. The summed E-state index contributed by atoms with van der Waals surface area (Å²) in [5.74, 6) is 0.0179. The van der Waals surface area contributed by atoms with E-state index in [0.717, 1.165) is 6.42 Å². The van der Waals surface area contributed by atoms with Gasteiger partial charge in [-0.25, -0.2) is 4.39 Å². The van der Waals surface area contributed by atoms with Crippen LogP contribution in [-0.4, -0.2) is 24.5 Å². The van der Waals surface area contributed by atoms with Crippen LogP contribution in [0, 0.1) is 0 Å². The average molecular weight is 129 g/mol. The molecule has 0 saturated carbocycles. The molecule has 0 saturated heterocycles. The highest BCUT2D eigenvalue weighted by Gasteiger charge is 2.18. The molecule has 0 aliphatic carbocycles. The molecule has 0 aromatic carbocycles. The maximum Gasteiger partial charge on any atom is 0.112 e. The second-order valence-corrected chi connectivity index (χ2v) is 2.50. The van der Waals surface area contributed by atoms with E-state index in [1.165, 1.54) is 0 Å². The van der Waals surface area contributed by atoms with Crippen LogP contribution in [0.1, 0.15) is 13.3 Å². The molecule has 0 aromatic heterocycles. The van der Waals surface area contributed by atoms with Gasteiger partial charge in [0.05, 0.1) is 6.54 Å². The van der Waals surface area contributed by atoms with Gasteiger partial charge in [-0.3, -0.25) is 4.90 Å². The number of hydrogen-bond acceptors (Lipinski definition) is 1. The molecule has 0 N–H and O–H groups in total. The van der Waals surface area contributed by atoms with Crippen LogP contribution < -0.4 is 0 Å². The molecule has 2 heteroatoms. The molecule has 1 unspecified atom stereocenters. The van der Waals surface area contributed by atoms with Crippen molar-refractivity contribution in [2.75, 3.05) is 13.6 Å². The summed E-state index contributed by atoms with van der Waals surface area (Å²) in [6.45, 7) is 2.56. The van der Waals surface area contributed by atoms with E-state index in [0.29, 0.717) is 12.6 Å². The van der Waals surface area contributed by atoms with Crippen LogP contribution in [0.25, 0.3) is 0 Å². The van der Waals surface area contributed by atoms with E-state index in [2.05, 4.69) is 6.92 Å². The highest BCUT2D eigenvalue weighted by atomic mass is 19.1. The third kappa shape index (κ3) is 1.30. The van der Waals surface area contributed by atoms with Gasteiger partial charge in [0.1, 0.15) is 5.83 Å². The smallest absolute Gasteiger partial charge is 0.112 e. The minimum Gasteiger partial charge on any atom is -0.293 e. The Morgan fingerprint density at radius 2 is 2.56 bits per heavy atom. The molecule has 0 radical (unpaired) electrons. The lowest BCUT2D eigenvalue weighted by Crippen LogP contribution is -2.24. The summed E-state index contributed by atoms with van der Waals surface area (Å²) in [6.07, 6.45) is 2.70. The van der Waals surface area contributed by atoms with E-state index in [4.69, 9.17) is 0 Å². The Bertz CT molecular complexity index is 131. The van der Waals surface area contributed by atoms with Gasteiger partial charge in [0.25, 0.3) is 0 Å². The molecule has 1 aliphatic rings. The van der Waals surface area contributed by atoms with Crippen LogP contribution in [0.4, 0.5) is 4.39 Å². The highest BCUT2D eigenvalue weighted by Crippen LogP contribution is 2.16. The number of rotatable bonds is 1. The zero-order valence-corrected chi connectivity index (χ0v) is 5.89. The van der Waals surface area contributed by atoms with Crippen LogP contribution in [0.15, 0.2) is 11.9 Å². The molecule has 0 aromatic rings. The summed E-state index contributed by atoms with van der Waals surface area (Å²) in [7, 11) is 1.94. The van der Waals surface area contributed by atoms with Crippen molar-refractivity contribution in [2.24, 2.45) is 0 Å². The second-order valence-electron chi connectivity index (χ2n) is 2.50. The lowest BCUT2D eigenvalue weighted by atomic mass is 10.2. The van der Waals surface area contributed by atoms with Gasteiger partial charge in [0.15, 0.2) is 0 Å². The van der Waals surface area contributed by atoms with Crippen molar-refractivity contribution in [3.63, 3.8) is 0 Å². The van der Waals surface area contributed by atoms with Crippen LogP contribution in [0.3, 0.4) is 0 Å². The first kappa shape index (κ1) is 6.75. The van der Waals surface area contributed by atoms with Gasteiger partial charge in [0, 0.05) is 6.04 Å². The molecule has 1 nitrogen and oxygen atoms in total. The van der Waals surface area contributed by atoms with Gasteiger partial charge >= 0.3 is 0 Å². The predicted molar refractivity (Wildman–Crippen MR) is 35.9 cm³/mol. The van der Waals surface area contributed by atoms with Crippen molar-refractivity contribution in [2.45, 2.75) is 19.4 Å². The zero-order valence-electron chi connectivity index (χ0n) is 5.89. The largest absolute Gasteiger partial charge is 0.293 e. The van der Waals surface area contributed by atoms with E-state index < -0.39 is 0 Å². The summed E-state index contributed by atoms with van der Waals surface area (Å²) in [5, 5.41) is 0. The van der Waals surface area contributed by atoms with Crippen molar-refractivity contribution in [1.82, 2.24) is 4.90 Å². The van der Waals surface area contributed by atoms with Gasteiger partial charge < -0.3 is 0 Å². The van der Waals surface area contributed by atoms with E-state index in [-0.39, 0.29) is 5.83 Å². The number of likely N-dealkylation sites (N-methyl/N-ethyl adjacent to an activating group) is 1. The molecule has 1 rings (SSSR count). The maximum absolute atomic E-state index is 12.4. The first-order valence-corrected chi connectivity index (χ1v) is 3.30. The summed E-state index contributed by atoms with van der Waals surface area (Å²) < 4.78 is 12.4. The first-order chi connectivity index (χ1) is 4.24. The van der Waals surface area contributed by atoms with Gasteiger partial charge in [-0.2, -0.15) is 0 Å². The third-order valence-corrected chi connectivity index (χ3v) is 1.76. The summed E-state index contributed by atoms with van der Waals surface area (Å²) in [5.41, 5.74) is 0. The molecular weight excluding hydrogens is 117 g/mol. The van der Waals surface area contributed by atoms with Gasteiger partial charge in [0.2, 0.25) is 0 Å². The van der Waals surface area contributed by atoms with Crippen molar-refractivity contribution in [3.05, 3.63) is 11.9 Å². The topological polar surface area (TPSA) is 3.24 Å². The van der Waals surface area contributed by atoms with Crippen LogP contribution in [0.5, 0.6) is 0 Å². The average Bonchev–Trinajstić information content (AvgIpc) is 2.10. The second kappa shape index (κ2) is 2.48. The van der Waals surface area contributed by atoms with Crippen molar-refractivity contribution >= 4 is 0 Å². The summed E-state index contributed by atoms with van der Waals surface area (Å²) >= 11 is 0. The Balaban J connectivity index is 2.53. The quantitative estimate of drug-likeness (QED) is 0.519. The normalized spacial score (nSPS) is 28.8. The van der Waals surface area contributed by atoms with Crippen molar-refractivity contribution in [3.8, 4) is 0 Å². The SMILES string of the molecule is CCC1C=C(F)CN1C. The molecule has 52 valence electrons. The Hall–Kier alpha value is -0.370. The van der Waals surface area contributed by atoms with E-state index >= 15 is 0 Å². The number of nitrogens with zero attached hydrogens (tertiary/aromatic N) is 1. The minimum absolute atomic E-state index is 0.0179.